The van der Waals surface area contributed by atoms with Crippen molar-refractivity contribution in [3.05, 3.63) is 65.7 Å². The average Bonchev–Trinajstić information content (AvgIpc) is 3.14. The van der Waals surface area contributed by atoms with Crippen molar-refractivity contribution in [1.29, 1.82) is 0 Å². The topological polar surface area (TPSA) is 62.7 Å². The van der Waals surface area contributed by atoms with Crippen LogP contribution in [-0.4, -0.2) is 58.4 Å². The van der Waals surface area contributed by atoms with E-state index in [1.165, 1.54) is 12.1 Å². The second kappa shape index (κ2) is 7.67. The number of carbonyl (C=O) groups excluding carboxylic acids is 2. The van der Waals surface area contributed by atoms with Gasteiger partial charge in [-0.25, -0.2) is 4.39 Å². The number of rotatable bonds is 3. The van der Waals surface area contributed by atoms with E-state index >= 15 is 0 Å². The van der Waals surface area contributed by atoms with Crippen LogP contribution >= 0.6 is 0 Å². The Morgan fingerprint density at radius 3 is 2.71 bits per heavy atom. The van der Waals surface area contributed by atoms with Crippen LogP contribution < -0.4 is 0 Å². The van der Waals surface area contributed by atoms with Gasteiger partial charge in [-0.3, -0.25) is 14.6 Å². The molecule has 1 atom stereocenters. The van der Waals surface area contributed by atoms with Crippen LogP contribution in [0.2, 0.25) is 0 Å². The number of hydrogen-bond donors (Lipinski definition) is 0. The fraction of sp³-hybridized carbons (Fsp3) is 0.381. The molecule has 2 amide bonds. The zero-order chi connectivity index (χ0) is 19.6. The number of benzene rings is 1. The van der Waals surface area contributed by atoms with Crippen LogP contribution in [0.25, 0.3) is 0 Å². The van der Waals surface area contributed by atoms with E-state index in [9.17, 15) is 14.0 Å². The van der Waals surface area contributed by atoms with Crippen LogP contribution in [0.1, 0.15) is 28.9 Å². The number of pyridine rings is 1. The lowest BCUT2D eigenvalue weighted by Gasteiger charge is -2.40. The number of carbonyl (C=O) groups is 2. The van der Waals surface area contributed by atoms with Crippen molar-refractivity contribution in [2.45, 2.75) is 24.9 Å². The van der Waals surface area contributed by atoms with Crippen LogP contribution in [0.4, 0.5) is 4.39 Å². The lowest BCUT2D eigenvalue weighted by atomic mass is 9.94. The third-order valence-electron chi connectivity index (χ3n) is 5.46. The predicted octanol–water partition coefficient (Wildman–Crippen LogP) is 2.25. The van der Waals surface area contributed by atoms with Gasteiger partial charge in [0.2, 0.25) is 5.91 Å². The molecule has 2 fully saturated rings. The summed E-state index contributed by atoms with van der Waals surface area (Å²) in [6.07, 6.45) is 2.49. The first-order valence-electron chi connectivity index (χ1n) is 9.40. The zero-order valence-electron chi connectivity index (χ0n) is 15.5. The Bertz CT molecular complexity index is 851. The smallest absolute Gasteiger partial charge is 0.272 e. The minimum absolute atomic E-state index is 0.0221. The molecule has 0 saturated carbocycles. The molecule has 28 heavy (non-hydrogen) atoms. The van der Waals surface area contributed by atoms with E-state index in [0.717, 1.165) is 5.56 Å². The van der Waals surface area contributed by atoms with Crippen LogP contribution in [0.5, 0.6) is 0 Å². The number of aromatic nitrogens is 1. The van der Waals surface area contributed by atoms with E-state index in [4.69, 9.17) is 4.74 Å². The summed E-state index contributed by atoms with van der Waals surface area (Å²) in [4.78, 5) is 33.6. The molecule has 0 radical (unpaired) electrons. The fourth-order valence-electron chi connectivity index (χ4n) is 3.94. The summed E-state index contributed by atoms with van der Waals surface area (Å²) in [5.74, 6) is -0.508. The Morgan fingerprint density at radius 1 is 1.21 bits per heavy atom. The van der Waals surface area contributed by atoms with Gasteiger partial charge in [0.15, 0.2) is 0 Å². The van der Waals surface area contributed by atoms with Crippen LogP contribution in [0, 0.1) is 5.82 Å². The summed E-state index contributed by atoms with van der Waals surface area (Å²) in [6, 6.07) is 11.4. The van der Waals surface area contributed by atoms with E-state index in [1.54, 1.807) is 41.4 Å². The minimum atomic E-state index is -0.577. The summed E-state index contributed by atoms with van der Waals surface area (Å²) in [6.45, 7) is 2.03. The van der Waals surface area contributed by atoms with E-state index in [1.807, 2.05) is 4.90 Å². The van der Waals surface area contributed by atoms with Crippen molar-refractivity contribution in [2.24, 2.45) is 0 Å². The Balaban J connectivity index is 1.61. The van der Waals surface area contributed by atoms with Crippen molar-refractivity contribution in [3.63, 3.8) is 0 Å². The maximum absolute atomic E-state index is 13.3. The zero-order valence-corrected chi connectivity index (χ0v) is 15.5. The third-order valence-corrected chi connectivity index (χ3v) is 5.46. The highest BCUT2D eigenvalue weighted by Gasteiger charge is 2.47. The number of halogens is 1. The molecule has 6 nitrogen and oxygen atoms in total. The largest absolute Gasteiger partial charge is 0.379 e. The van der Waals surface area contributed by atoms with Gasteiger partial charge in [0.1, 0.15) is 11.5 Å². The van der Waals surface area contributed by atoms with Crippen LogP contribution in [0.15, 0.2) is 48.7 Å². The van der Waals surface area contributed by atoms with Gasteiger partial charge < -0.3 is 14.5 Å². The molecule has 1 spiro atoms. The molecule has 1 unspecified atom stereocenters. The van der Waals surface area contributed by atoms with E-state index in [0.29, 0.717) is 45.0 Å². The van der Waals surface area contributed by atoms with Gasteiger partial charge in [-0.1, -0.05) is 18.2 Å². The van der Waals surface area contributed by atoms with Gasteiger partial charge in [0, 0.05) is 38.9 Å². The van der Waals surface area contributed by atoms with Crippen molar-refractivity contribution >= 4 is 11.8 Å². The summed E-state index contributed by atoms with van der Waals surface area (Å²) in [7, 11) is 0. The van der Waals surface area contributed by atoms with Crippen molar-refractivity contribution in [3.8, 4) is 0 Å². The Hall–Kier alpha value is -2.80. The molecule has 2 saturated heterocycles. The standard InChI is InChI=1S/C21H22FN3O3/c22-17-6-4-16(5-7-17)13-25-19(26)8-11-24(14-21(25)9-12-28-15-21)20(27)18-3-1-2-10-23-18/h1-7,10H,8-9,11-15H2. The number of ether oxygens (including phenoxy) is 1. The Labute approximate surface area is 162 Å². The molecule has 0 N–H and O–H groups in total. The van der Waals surface area contributed by atoms with Gasteiger partial charge >= 0.3 is 0 Å². The SMILES string of the molecule is O=C(c1ccccn1)N1CCC(=O)N(Cc2ccc(F)cc2)C2(CCOC2)C1. The van der Waals surface area contributed by atoms with Gasteiger partial charge in [0.05, 0.1) is 12.1 Å². The molecule has 3 heterocycles. The quantitative estimate of drug-likeness (QED) is 0.816. The molecule has 4 rings (SSSR count). The summed E-state index contributed by atoms with van der Waals surface area (Å²) < 4.78 is 18.9. The molecule has 1 aromatic carbocycles. The molecule has 2 aliphatic heterocycles. The highest BCUT2D eigenvalue weighted by atomic mass is 19.1. The molecular formula is C21H22FN3O3. The van der Waals surface area contributed by atoms with Crippen molar-refractivity contribution < 1.29 is 18.7 Å². The minimum Gasteiger partial charge on any atom is -0.379 e. The molecule has 0 aliphatic carbocycles. The van der Waals surface area contributed by atoms with E-state index in [-0.39, 0.29) is 24.1 Å². The first-order valence-corrected chi connectivity index (χ1v) is 9.40. The lowest BCUT2D eigenvalue weighted by Crippen LogP contribution is -2.56. The number of nitrogens with zero attached hydrogens (tertiary/aromatic N) is 3. The monoisotopic (exact) mass is 383 g/mol. The molecule has 2 aliphatic rings. The van der Waals surface area contributed by atoms with Gasteiger partial charge in [0.25, 0.3) is 5.91 Å². The maximum Gasteiger partial charge on any atom is 0.272 e. The van der Waals surface area contributed by atoms with Crippen molar-refractivity contribution in [2.75, 3.05) is 26.3 Å². The average molecular weight is 383 g/mol. The lowest BCUT2D eigenvalue weighted by molar-refractivity contribution is -0.137. The van der Waals surface area contributed by atoms with Crippen LogP contribution in [-0.2, 0) is 16.1 Å². The second-order valence-corrected chi connectivity index (χ2v) is 7.32. The number of amides is 2. The van der Waals surface area contributed by atoms with E-state index in [2.05, 4.69) is 4.98 Å². The fourth-order valence-corrected chi connectivity index (χ4v) is 3.94. The highest BCUT2D eigenvalue weighted by Crippen LogP contribution is 2.32. The van der Waals surface area contributed by atoms with E-state index < -0.39 is 5.54 Å². The summed E-state index contributed by atoms with van der Waals surface area (Å²) in [5.41, 5.74) is 0.647. The molecule has 146 valence electrons. The van der Waals surface area contributed by atoms with Crippen LogP contribution in [0.3, 0.4) is 0 Å². The Kier molecular flexibility index (Phi) is 5.09. The summed E-state index contributed by atoms with van der Waals surface area (Å²) in [5, 5.41) is 0. The highest BCUT2D eigenvalue weighted by molar-refractivity contribution is 5.93. The van der Waals surface area contributed by atoms with Gasteiger partial charge in [-0.2, -0.15) is 0 Å². The first-order chi connectivity index (χ1) is 13.6. The molecule has 7 heteroatoms. The third kappa shape index (κ3) is 3.62. The predicted molar refractivity (Wildman–Crippen MR) is 99.9 cm³/mol. The molecular weight excluding hydrogens is 361 g/mol. The second-order valence-electron chi connectivity index (χ2n) is 7.32. The first kappa shape index (κ1) is 18.6. The maximum atomic E-state index is 13.3. The van der Waals surface area contributed by atoms with Gasteiger partial charge in [-0.05, 0) is 36.2 Å². The number of hydrogen-bond acceptors (Lipinski definition) is 4. The summed E-state index contributed by atoms with van der Waals surface area (Å²) >= 11 is 0. The Morgan fingerprint density at radius 2 is 2.04 bits per heavy atom. The van der Waals surface area contributed by atoms with Gasteiger partial charge in [-0.15, -0.1) is 0 Å². The van der Waals surface area contributed by atoms with Crippen molar-refractivity contribution in [1.82, 2.24) is 14.8 Å². The molecule has 0 bridgehead atoms. The molecule has 1 aromatic heterocycles. The molecule has 2 aromatic rings. The normalized spacial score (nSPS) is 22.5.